The zero-order valence-corrected chi connectivity index (χ0v) is 5.74. The molecule has 0 saturated heterocycles. The SMILES string of the molecule is CC(C)(C)[C@H]1C[C@H]1F. The Labute approximate surface area is 50.1 Å². The molecule has 0 nitrogen and oxygen atoms in total. The van der Waals surface area contributed by atoms with E-state index in [1.165, 1.54) is 0 Å². The molecule has 1 saturated carbocycles. The Bertz CT molecular complexity index is 91.1. The van der Waals surface area contributed by atoms with Gasteiger partial charge in [0.05, 0.1) is 0 Å². The smallest absolute Gasteiger partial charge is 0.104 e. The van der Waals surface area contributed by atoms with Crippen LogP contribution in [-0.4, -0.2) is 6.17 Å². The molecule has 1 heteroatoms. The van der Waals surface area contributed by atoms with Gasteiger partial charge in [-0.25, -0.2) is 4.39 Å². The van der Waals surface area contributed by atoms with Crippen LogP contribution in [0.5, 0.6) is 0 Å². The summed E-state index contributed by atoms with van der Waals surface area (Å²) in [5, 5.41) is 0. The summed E-state index contributed by atoms with van der Waals surface area (Å²) in [6.07, 6.45) is 0.304. The second-order valence-corrected chi connectivity index (χ2v) is 3.72. The van der Waals surface area contributed by atoms with Crippen LogP contribution in [0.1, 0.15) is 27.2 Å². The van der Waals surface area contributed by atoms with E-state index in [4.69, 9.17) is 0 Å². The predicted molar refractivity (Wildman–Crippen MR) is 32.5 cm³/mol. The molecule has 1 aliphatic carbocycles. The Balaban J connectivity index is 2.39. The van der Waals surface area contributed by atoms with Crippen molar-refractivity contribution in [1.29, 1.82) is 0 Å². The van der Waals surface area contributed by atoms with Crippen molar-refractivity contribution >= 4 is 0 Å². The van der Waals surface area contributed by atoms with Gasteiger partial charge in [0.25, 0.3) is 0 Å². The highest BCUT2D eigenvalue weighted by Gasteiger charge is 2.45. The van der Waals surface area contributed by atoms with E-state index in [9.17, 15) is 4.39 Å². The van der Waals surface area contributed by atoms with E-state index >= 15 is 0 Å². The maximum atomic E-state index is 12.3. The first-order chi connectivity index (χ1) is 3.52. The van der Waals surface area contributed by atoms with E-state index < -0.39 is 6.17 Å². The molecule has 0 N–H and O–H groups in total. The van der Waals surface area contributed by atoms with E-state index in [0.717, 1.165) is 6.42 Å². The lowest BCUT2D eigenvalue weighted by molar-refractivity contribution is 0.297. The third kappa shape index (κ3) is 1.01. The number of hydrogen-bond acceptors (Lipinski definition) is 0. The van der Waals surface area contributed by atoms with Crippen molar-refractivity contribution in [1.82, 2.24) is 0 Å². The lowest BCUT2D eigenvalue weighted by atomic mass is 9.90. The molecule has 0 aliphatic heterocycles. The van der Waals surface area contributed by atoms with Crippen molar-refractivity contribution in [3.8, 4) is 0 Å². The van der Waals surface area contributed by atoms with Gasteiger partial charge in [0.15, 0.2) is 0 Å². The number of hydrogen-bond donors (Lipinski definition) is 0. The molecule has 0 aromatic heterocycles. The van der Waals surface area contributed by atoms with Crippen LogP contribution in [-0.2, 0) is 0 Å². The molecule has 0 heterocycles. The summed E-state index contributed by atoms with van der Waals surface area (Å²) in [5.41, 5.74) is 0.208. The summed E-state index contributed by atoms with van der Waals surface area (Å²) < 4.78 is 12.3. The van der Waals surface area contributed by atoms with E-state index in [0.29, 0.717) is 5.92 Å². The zero-order chi connectivity index (χ0) is 6.36. The molecule has 0 amide bonds. The number of rotatable bonds is 0. The fourth-order valence-electron chi connectivity index (χ4n) is 1.06. The topological polar surface area (TPSA) is 0 Å². The van der Waals surface area contributed by atoms with Crippen LogP contribution in [0.25, 0.3) is 0 Å². The summed E-state index contributed by atoms with van der Waals surface area (Å²) in [6, 6.07) is 0. The number of alkyl halides is 1. The Kier molecular flexibility index (Phi) is 1.10. The number of halogens is 1. The summed E-state index contributed by atoms with van der Waals surface area (Å²) in [4.78, 5) is 0. The highest BCUT2D eigenvalue weighted by molar-refractivity contribution is 4.94. The van der Waals surface area contributed by atoms with Crippen LogP contribution in [0.2, 0.25) is 0 Å². The van der Waals surface area contributed by atoms with Gasteiger partial charge in [0.1, 0.15) is 6.17 Å². The second kappa shape index (κ2) is 1.46. The second-order valence-electron chi connectivity index (χ2n) is 3.72. The Hall–Kier alpha value is -0.0700. The first kappa shape index (κ1) is 6.06. The average molecular weight is 116 g/mol. The molecule has 8 heavy (non-hydrogen) atoms. The lowest BCUT2D eigenvalue weighted by Crippen LogP contribution is -2.09. The van der Waals surface area contributed by atoms with E-state index in [-0.39, 0.29) is 5.41 Å². The van der Waals surface area contributed by atoms with Crippen molar-refractivity contribution < 1.29 is 4.39 Å². The zero-order valence-electron chi connectivity index (χ0n) is 5.74. The molecule has 48 valence electrons. The van der Waals surface area contributed by atoms with E-state index in [1.54, 1.807) is 0 Å². The van der Waals surface area contributed by atoms with Gasteiger partial charge in [-0.2, -0.15) is 0 Å². The van der Waals surface area contributed by atoms with Gasteiger partial charge in [-0.15, -0.1) is 0 Å². The molecule has 0 unspecified atom stereocenters. The highest BCUT2D eigenvalue weighted by Crippen LogP contribution is 2.47. The third-order valence-electron chi connectivity index (χ3n) is 1.82. The monoisotopic (exact) mass is 116 g/mol. The van der Waals surface area contributed by atoms with Crippen LogP contribution < -0.4 is 0 Å². The Morgan fingerprint density at radius 3 is 1.75 bits per heavy atom. The third-order valence-corrected chi connectivity index (χ3v) is 1.82. The fourth-order valence-corrected chi connectivity index (χ4v) is 1.06. The maximum Gasteiger partial charge on any atom is 0.104 e. The maximum absolute atomic E-state index is 12.3. The lowest BCUT2D eigenvalue weighted by Gasteiger charge is -2.15. The average Bonchev–Trinajstić information content (AvgIpc) is 2.13. The van der Waals surface area contributed by atoms with Gasteiger partial charge >= 0.3 is 0 Å². The van der Waals surface area contributed by atoms with Gasteiger partial charge < -0.3 is 0 Å². The first-order valence-corrected chi connectivity index (χ1v) is 3.16. The summed E-state index contributed by atoms with van der Waals surface area (Å²) in [6.45, 7) is 6.28. The van der Waals surface area contributed by atoms with E-state index in [1.807, 2.05) is 0 Å². The van der Waals surface area contributed by atoms with Crippen molar-refractivity contribution in [2.45, 2.75) is 33.4 Å². The van der Waals surface area contributed by atoms with Crippen LogP contribution in [0, 0.1) is 11.3 Å². The minimum atomic E-state index is -0.491. The van der Waals surface area contributed by atoms with Crippen LogP contribution in [0.15, 0.2) is 0 Å². The molecular weight excluding hydrogens is 103 g/mol. The molecule has 0 bridgehead atoms. The van der Waals surface area contributed by atoms with Crippen LogP contribution in [0.3, 0.4) is 0 Å². The summed E-state index contributed by atoms with van der Waals surface area (Å²) in [7, 11) is 0. The Morgan fingerprint density at radius 1 is 1.38 bits per heavy atom. The van der Waals surface area contributed by atoms with Gasteiger partial charge in [-0.05, 0) is 17.8 Å². The van der Waals surface area contributed by atoms with E-state index in [2.05, 4.69) is 20.8 Å². The minimum Gasteiger partial charge on any atom is -0.247 e. The quantitative estimate of drug-likeness (QED) is 0.456. The molecule has 0 aromatic carbocycles. The molecule has 1 aliphatic rings. The molecule has 1 fully saturated rings. The van der Waals surface area contributed by atoms with Gasteiger partial charge in [-0.1, -0.05) is 20.8 Å². The van der Waals surface area contributed by atoms with Crippen molar-refractivity contribution in [3.63, 3.8) is 0 Å². The van der Waals surface area contributed by atoms with Crippen LogP contribution in [0.4, 0.5) is 4.39 Å². The standard InChI is InChI=1S/C7H13F/c1-7(2,3)5-4-6(5)8/h5-6H,4H2,1-3H3/t5-,6+/m0/s1. The largest absolute Gasteiger partial charge is 0.247 e. The molecule has 0 radical (unpaired) electrons. The van der Waals surface area contributed by atoms with Crippen molar-refractivity contribution in [2.24, 2.45) is 11.3 Å². The highest BCUT2D eigenvalue weighted by atomic mass is 19.1. The first-order valence-electron chi connectivity index (χ1n) is 3.16. The normalized spacial score (nSPS) is 37.5. The molecular formula is C7H13F. The minimum absolute atomic E-state index is 0.208. The van der Waals surface area contributed by atoms with Gasteiger partial charge in [-0.3, -0.25) is 0 Å². The van der Waals surface area contributed by atoms with Gasteiger partial charge in [0, 0.05) is 0 Å². The molecule has 2 atom stereocenters. The predicted octanol–water partition coefficient (Wildman–Crippen LogP) is 2.39. The summed E-state index contributed by atoms with van der Waals surface area (Å²) in [5.74, 6) is 0.350. The fraction of sp³-hybridized carbons (Fsp3) is 1.00. The molecule has 0 spiro atoms. The van der Waals surface area contributed by atoms with Crippen molar-refractivity contribution in [2.75, 3.05) is 0 Å². The molecule has 1 rings (SSSR count). The van der Waals surface area contributed by atoms with Crippen LogP contribution >= 0.6 is 0 Å². The summed E-state index contributed by atoms with van der Waals surface area (Å²) >= 11 is 0. The molecule has 0 aromatic rings. The Morgan fingerprint density at radius 2 is 1.75 bits per heavy atom. The van der Waals surface area contributed by atoms with Gasteiger partial charge in [0.2, 0.25) is 0 Å². The van der Waals surface area contributed by atoms with Crippen molar-refractivity contribution in [3.05, 3.63) is 0 Å².